The fraction of sp³-hybridized carbons (Fsp3) is 0.462. The van der Waals surface area contributed by atoms with Crippen LogP contribution in [0.5, 0.6) is 0 Å². The van der Waals surface area contributed by atoms with Gasteiger partial charge in [0.1, 0.15) is 5.41 Å². The zero-order valence-corrected chi connectivity index (χ0v) is 12.3. The summed E-state index contributed by atoms with van der Waals surface area (Å²) in [6.45, 7) is 5.82. The Morgan fingerprint density at radius 2 is 2.26 bits per heavy atom. The summed E-state index contributed by atoms with van der Waals surface area (Å²) >= 11 is 1.48. The van der Waals surface area contributed by atoms with Crippen LogP contribution in [0.15, 0.2) is 17.8 Å². The number of rotatable bonds is 4. The second-order valence-electron chi connectivity index (χ2n) is 4.75. The van der Waals surface area contributed by atoms with Gasteiger partial charge < -0.3 is 9.30 Å². The zero-order valence-electron chi connectivity index (χ0n) is 11.5. The van der Waals surface area contributed by atoms with Crippen LogP contribution in [0.3, 0.4) is 0 Å². The Kier molecular flexibility index (Phi) is 3.71. The lowest BCUT2D eigenvalue weighted by Gasteiger charge is -2.19. The van der Waals surface area contributed by atoms with Gasteiger partial charge >= 0.3 is 5.97 Å². The molecule has 2 heterocycles. The van der Waals surface area contributed by atoms with Crippen molar-refractivity contribution < 1.29 is 9.53 Å². The lowest BCUT2D eigenvalue weighted by molar-refractivity contribution is -0.148. The second kappa shape index (κ2) is 5.13. The van der Waals surface area contributed by atoms with Crippen molar-refractivity contribution in [2.45, 2.75) is 26.2 Å². The normalized spacial score (nSPS) is 11.6. The number of imidazole rings is 1. The van der Waals surface area contributed by atoms with Crippen LogP contribution in [0.2, 0.25) is 0 Å². The number of aryl methyl sites for hydroxylation is 1. The molecule has 0 unspecified atom stereocenters. The molecule has 5 nitrogen and oxygen atoms in total. The molecule has 2 aromatic heterocycles. The molecule has 0 saturated heterocycles. The predicted octanol–water partition coefficient (Wildman–Crippen LogP) is 2.38. The Bertz CT molecular complexity index is 586. The summed E-state index contributed by atoms with van der Waals surface area (Å²) in [7, 11) is 1.92. The minimum atomic E-state index is -0.740. The molecule has 0 saturated carbocycles. The maximum Gasteiger partial charge on any atom is 0.317 e. The standard InChI is InChI=1S/C13H17N3O2S/c1-5-18-12(17)13(2,3)9-8-19-11(15-9)10-14-6-7-16(10)4/h6-8H,5H2,1-4H3. The van der Waals surface area contributed by atoms with Crippen molar-refractivity contribution in [3.63, 3.8) is 0 Å². The molecular weight excluding hydrogens is 262 g/mol. The molecule has 0 atom stereocenters. The predicted molar refractivity (Wildman–Crippen MR) is 74.0 cm³/mol. The van der Waals surface area contributed by atoms with Crippen molar-refractivity contribution in [2.75, 3.05) is 6.61 Å². The number of nitrogens with zero attached hydrogens (tertiary/aromatic N) is 3. The Morgan fingerprint density at radius 3 is 2.84 bits per heavy atom. The van der Waals surface area contributed by atoms with Gasteiger partial charge in [-0.05, 0) is 20.8 Å². The van der Waals surface area contributed by atoms with E-state index in [0.717, 1.165) is 10.8 Å². The molecule has 0 aliphatic carbocycles. The number of esters is 1. The summed E-state index contributed by atoms with van der Waals surface area (Å²) in [5.41, 5.74) is -0.0235. The lowest BCUT2D eigenvalue weighted by Crippen LogP contribution is -2.31. The van der Waals surface area contributed by atoms with Crippen LogP contribution in [-0.4, -0.2) is 27.1 Å². The monoisotopic (exact) mass is 279 g/mol. The molecule has 0 aliphatic heterocycles. The third-order valence-corrected chi connectivity index (χ3v) is 3.78. The zero-order chi connectivity index (χ0) is 14.0. The van der Waals surface area contributed by atoms with Crippen LogP contribution in [0.25, 0.3) is 10.8 Å². The van der Waals surface area contributed by atoms with E-state index in [1.165, 1.54) is 11.3 Å². The molecule has 0 aromatic carbocycles. The van der Waals surface area contributed by atoms with E-state index in [9.17, 15) is 4.79 Å². The molecule has 19 heavy (non-hydrogen) atoms. The van der Waals surface area contributed by atoms with Gasteiger partial charge in [0.2, 0.25) is 0 Å². The van der Waals surface area contributed by atoms with Crippen LogP contribution in [0.1, 0.15) is 26.5 Å². The van der Waals surface area contributed by atoms with Gasteiger partial charge in [-0.3, -0.25) is 4.79 Å². The summed E-state index contributed by atoms with van der Waals surface area (Å²) in [5.74, 6) is 0.544. The van der Waals surface area contributed by atoms with Crippen LogP contribution >= 0.6 is 11.3 Å². The molecule has 0 amide bonds. The summed E-state index contributed by atoms with van der Waals surface area (Å²) in [4.78, 5) is 20.7. The molecule has 0 aliphatic rings. The van der Waals surface area contributed by atoms with Crippen LogP contribution in [0, 0.1) is 0 Å². The topological polar surface area (TPSA) is 57.0 Å². The van der Waals surface area contributed by atoms with Crippen LogP contribution in [0.4, 0.5) is 0 Å². The van der Waals surface area contributed by atoms with Gasteiger partial charge in [0.25, 0.3) is 0 Å². The van der Waals surface area contributed by atoms with E-state index in [4.69, 9.17) is 4.74 Å². The third kappa shape index (κ3) is 2.53. The Balaban J connectivity index is 2.31. The molecule has 102 valence electrons. The molecule has 2 aromatic rings. The highest BCUT2D eigenvalue weighted by Crippen LogP contribution is 2.30. The summed E-state index contributed by atoms with van der Waals surface area (Å²) in [5, 5.41) is 2.70. The number of ether oxygens (including phenoxy) is 1. The van der Waals surface area contributed by atoms with Crippen molar-refractivity contribution >= 4 is 17.3 Å². The second-order valence-corrected chi connectivity index (χ2v) is 5.60. The smallest absolute Gasteiger partial charge is 0.317 e. The van der Waals surface area contributed by atoms with Crippen molar-refractivity contribution in [1.82, 2.24) is 14.5 Å². The average Bonchev–Trinajstić information content (AvgIpc) is 2.97. The van der Waals surface area contributed by atoms with Crippen molar-refractivity contribution in [3.8, 4) is 10.8 Å². The SMILES string of the molecule is CCOC(=O)C(C)(C)c1csc(-c2nccn2C)n1. The first-order valence-corrected chi connectivity index (χ1v) is 6.95. The Labute approximate surface area is 116 Å². The summed E-state index contributed by atoms with van der Waals surface area (Å²) in [6, 6.07) is 0. The molecule has 0 spiro atoms. The molecule has 0 N–H and O–H groups in total. The highest BCUT2D eigenvalue weighted by Gasteiger charge is 2.34. The van der Waals surface area contributed by atoms with Gasteiger partial charge in [-0.15, -0.1) is 11.3 Å². The lowest BCUT2D eigenvalue weighted by atomic mass is 9.90. The first-order valence-electron chi connectivity index (χ1n) is 6.07. The van der Waals surface area contributed by atoms with E-state index < -0.39 is 5.41 Å². The maximum atomic E-state index is 11.9. The molecule has 6 heteroatoms. The van der Waals surface area contributed by atoms with Crippen LogP contribution < -0.4 is 0 Å². The van der Waals surface area contributed by atoms with Crippen molar-refractivity contribution in [2.24, 2.45) is 7.05 Å². The molecular formula is C13H17N3O2S. The van der Waals surface area contributed by atoms with Gasteiger partial charge in [-0.1, -0.05) is 0 Å². The molecule has 0 bridgehead atoms. The molecule has 0 fully saturated rings. The van der Waals surface area contributed by atoms with Gasteiger partial charge in [-0.2, -0.15) is 0 Å². The largest absolute Gasteiger partial charge is 0.465 e. The fourth-order valence-corrected chi connectivity index (χ4v) is 2.68. The third-order valence-electron chi connectivity index (χ3n) is 2.94. The minimum Gasteiger partial charge on any atom is -0.465 e. The van der Waals surface area contributed by atoms with Gasteiger partial charge in [0.05, 0.1) is 12.3 Å². The number of carbonyl (C=O) groups is 1. The fourth-order valence-electron chi connectivity index (χ4n) is 1.65. The van der Waals surface area contributed by atoms with Gasteiger partial charge in [0.15, 0.2) is 10.8 Å². The molecule has 0 radical (unpaired) electrons. The maximum absolute atomic E-state index is 11.9. The molecule has 2 rings (SSSR count). The Hall–Kier alpha value is -1.69. The van der Waals surface area contributed by atoms with Gasteiger partial charge in [0, 0.05) is 24.8 Å². The minimum absolute atomic E-state index is 0.258. The van der Waals surface area contributed by atoms with E-state index in [-0.39, 0.29) is 5.97 Å². The van der Waals surface area contributed by atoms with Gasteiger partial charge in [-0.25, -0.2) is 9.97 Å². The number of aromatic nitrogens is 3. The summed E-state index contributed by atoms with van der Waals surface area (Å²) in [6.07, 6.45) is 3.60. The average molecular weight is 279 g/mol. The highest BCUT2D eigenvalue weighted by molar-refractivity contribution is 7.13. The number of thiazole rings is 1. The number of hydrogen-bond donors (Lipinski definition) is 0. The first-order chi connectivity index (χ1) is 8.96. The summed E-state index contributed by atoms with van der Waals surface area (Å²) < 4.78 is 6.99. The van der Waals surface area contributed by atoms with E-state index in [1.54, 1.807) is 13.1 Å². The van der Waals surface area contributed by atoms with E-state index in [1.807, 2.05) is 37.0 Å². The highest BCUT2D eigenvalue weighted by atomic mass is 32.1. The van der Waals surface area contributed by atoms with Crippen molar-refractivity contribution in [1.29, 1.82) is 0 Å². The van der Waals surface area contributed by atoms with Crippen molar-refractivity contribution in [3.05, 3.63) is 23.5 Å². The van der Waals surface area contributed by atoms with E-state index in [2.05, 4.69) is 9.97 Å². The first kappa shape index (κ1) is 13.7. The number of carbonyl (C=O) groups excluding carboxylic acids is 1. The number of hydrogen-bond acceptors (Lipinski definition) is 5. The Morgan fingerprint density at radius 1 is 1.53 bits per heavy atom. The van der Waals surface area contributed by atoms with E-state index in [0.29, 0.717) is 12.3 Å². The quantitative estimate of drug-likeness (QED) is 0.806. The van der Waals surface area contributed by atoms with E-state index >= 15 is 0 Å². The van der Waals surface area contributed by atoms with Crippen LogP contribution in [-0.2, 0) is 22.0 Å².